The summed E-state index contributed by atoms with van der Waals surface area (Å²) in [7, 11) is 0. The third-order valence-corrected chi connectivity index (χ3v) is 4.41. The maximum absolute atomic E-state index is 6.00. The van der Waals surface area contributed by atoms with Crippen LogP contribution in [0.1, 0.15) is 25.8 Å². The number of hydrogen-bond donors (Lipinski definition) is 0. The van der Waals surface area contributed by atoms with E-state index in [1.54, 1.807) is 0 Å². The van der Waals surface area contributed by atoms with Gasteiger partial charge in [-0.15, -0.1) is 11.6 Å². The molecule has 0 bridgehead atoms. The molecule has 4 heteroatoms. The molecule has 1 aliphatic rings. The smallest absolute Gasteiger partial charge is 0.133 e. The van der Waals surface area contributed by atoms with Crippen LogP contribution in [0.3, 0.4) is 0 Å². The van der Waals surface area contributed by atoms with E-state index in [9.17, 15) is 0 Å². The first kappa shape index (κ1) is 13.2. The Bertz CT molecular complexity index is 397. The summed E-state index contributed by atoms with van der Waals surface area (Å²) in [5.74, 6) is 3.10. The second-order valence-electron chi connectivity index (χ2n) is 4.96. The third kappa shape index (κ3) is 2.94. The molecule has 1 aromatic heterocycles. The first-order valence-corrected chi connectivity index (χ1v) is 7.40. The summed E-state index contributed by atoms with van der Waals surface area (Å²) in [6, 6.07) is 2.07. The molecule has 0 saturated carbocycles. The molecule has 2 atom stereocenters. The van der Waals surface area contributed by atoms with E-state index in [0.717, 1.165) is 40.8 Å². The lowest BCUT2D eigenvalue weighted by Crippen LogP contribution is -2.39. The van der Waals surface area contributed by atoms with Gasteiger partial charge in [0.25, 0.3) is 0 Å². The molecule has 0 aliphatic carbocycles. The van der Waals surface area contributed by atoms with Crippen LogP contribution in [-0.2, 0) is 5.88 Å². The van der Waals surface area contributed by atoms with Crippen molar-refractivity contribution in [1.29, 1.82) is 0 Å². The van der Waals surface area contributed by atoms with Gasteiger partial charge in [-0.05, 0) is 40.3 Å². The Morgan fingerprint density at radius 3 is 2.88 bits per heavy atom. The van der Waals surface area contributed by atoms with Crippen LogP contribution in [0.15, 0.2) is 16.7 Å². The van der Waals surface area contributed by atoms with E-state index in [4.69, 9.17) is 11.6 Å². The van der Waals surface area contributed by atoms with Crippen molar-refractivity contribution in [3.05, 3.63) is 22.3 Å². The van der Waals surface area contributed by atoms with Crippen molar-refractivity contribution in [1.82, 2.24) is 4.98 Å². The zero-order chi connectivity index (χ0) is 12.4. The molecule has 17 heavy (non-hydrogen) atoms. The number of nitrogens with zero attached hydrogens (tertiary/aromatic N) is 2. The Balaban J connectivity index is 2.22. The number of pyridine rings is 1. The van der Waals surface area contributed by atoms with Gasteiger partial charge in [0.05, 0.1) is 5.88 Å². The number of anilines is 1. The summed E-state index contributed by atoms with van der Waals surface area (Å²) in [5, 5.41) is 0. The van der Waals surface area contributed by atoms with Crippen molar-refractivity contribution in [3.63, 3.8) is 0 Å². The van der Waals surface area contributed by atoms with Crippen LogP contribution in [0.25, 0.3) is 0 Å². The summed E-state index contributed by atoms with van der Waals surface area (Å²) < 4.78 is 0.996. The molecule has 1 aromatic rings. The maximum Gasteiger partial charge on any atom is 0.133 e. The molecular formula is C13H18BrClN2. The highest BCUT2D eigenvalue weighted by Gasteiger charge is 2.24. The molecule has 0 amide bonds. The topological polar surface area (TPSA) is 16.1 Å². The molecular weight excluding hydrogens is 300 g/mol. The van der Waals surface area contributed by atoms with Gasteiger partial charge < -0.3 is 4.90 Å². The molecule has 1 saturated heterocycles. The van der Waals surface area contributed by atoms with Gasteiger partial charge in [0.1, 0.15) is 5.82 Å². The van der Waals surface area contributed by atoms with Crippen LogP contribution in [-0.4, -0.2) is 18.1 Å². The van der Waals surface area contributed by atoms with E-state index in [1.165, 1.54) is 6.42 Å². The zero-order valence-corrected chi connectivity index (χ0v) is 12.6. The zero-order valence-electron chi connectivity index (χ0n) is 10.3. The largest absolute Gasteiger partial charge is 0.356 e. The Hall–Kier alpha value is -0.280. The minimum Gasteiger partial charge on any atom is -0.356 e. The van der Waals surface area contributed by atoms with Crippen LogP contribution in [0.2, 0.25) is 0 Å². The Labute approximate surface area is 116 Å². The van der Waals surface area contributed by atoms with Crippen LogP contribution in [0, 0.1) is 11.8 Å². The summed E-state index contributed by atoms with van der Waals surface area (Å²) in [6.45, 7) is 6.82. The highest BCUT2D eigenvalue weighted by molar-refractivity contribution is 9.10. The Kier molecular flexibility index (Phi) is 4.31. The van der Waals surface area contributed by atoms with Gasteiger partial charge in [0.15, 0.2) is 0 Å². The van der Waals surface area contributed by atoms with Gasteiger partial charge in [-0.25, -0.2) is 4.98 Å². The average molecular weight is 318 g/mol. The van der Waals surface area contributed by atoms with Crippen molar-refractivity contribution in [2.75, 3.05) is 18.0 Å². The number of halogens is 2. The molecule has 1 fully saturated rings. The molecule has 0 spiro atoms. The van der Waals surface area contributed by atoms with E-state index in [2.05, 4.69) is 45.7 Å². The molecule has 94 valence electrons. The molecule has 2 rings (SSSR count). The van der Waals surface area contributed by atoms with Crippen molar-refractivity contribution in [3.8, 4) is 0 Å². The van der Waals surface area contributed by atoms with Crippen molar-refractivity contribution >= 4 is 33.3 Å². The number of rotatable bonds is 2. The van der Waals surface area contributed by atoms with Gasteiger partial charge in [-0.2, -0.15) is 0 Å². The third-order valence-electron chi connectivity index (χ3n) is 3.69. The van der Waals surface area contributed by atoms with Crippen molar-refractivity contribution in [2.45, 2.75) is 26.1 Å². The Morgan fingerprint density at radius 2 is 2.24 bits per heavy atom. The summed E-state index contributed by atoms with van der Waals surface area (Å²) in [4.78, 5) is 6.90. The second kappa shape index (κ2) is 5.57. The molecule has 2 nitrogen and oxygen atoms in total. The fraction of sp³-hybridized carbons (Fsp3) is 0.615. The van der Waals surface area contributed by atoms with E-state index >= 15 is 0 Å². The lowest BCUT2D eigenvalue weighted by atomic mass is 9.88. The average Bonchev–Trinajstić information content (AvgIpc) is 2.32. The first-order chi connectivity index (χ1) is 8.11. The minimum absolute atomic E-state index is 0.516. The number of piperidine rings is 1. The number of alkyl halides is 1. The predicted molar refractivity (Wildman–Crippen MR) is 76.7 cm³/mol. The summed E-state index contributed by atoms with van der Waals surface area (Å²) in [5.41, 5.74) is 1.11. The summed E-state index contributed by atoms with van der Waals surface area (Å²) in [6.07, 6.45) is 3.09. The lowest BCUT2D eigenvalue weighted by Gasteiger charge is -2.36. The van der Waals surface area contributed by atoms with E-state index in [0.29, 0.717) is 5.88 Å². The number of aromatic nitrogens is 1. The van der Waals surface area contributed by atoms with Crippen molar-refractivity contribution < 1.29 is 0 Å². The molecule has 0 aromatic carbocycles. The van der Waals surface area contributed by atoms with Gasteiger partial charge >= 0.3 is 0 Å². The fourth-order valence-electron chi connectivity index (χ4n) is 2.31. The molecule has 0 radical (unpaired) electrons. The van der Waals surface area contributed by atoms with E-state index in [-0.39, 0.29) is 0 Å². The first-order valence-electron chi connectivity index (χ1n) is 6.07. The molecule has 2 unspecified atom stereocenters. The molecule has 2 heterocycles. The lowest BCUT2D eigenvalue weighted by molar-refractivity contribution is 0.322. The van der Waals surface area contributed by atoms with Gasteiger partial charge in [0.2, 0.25) is 0 Å². The monoisotopic (exact) mass is 316 g/mol. The van der Waals surface area contributed by atoms with Gasteiger partial charge in [0, 0.05) is 29.3 Å². The van der Waals surface area contributed by atoms with Gasteiger partial charge in [-0.3, -0.25) is 0 Å². The fourth-order valence-corrected chi connectivity index (χ4v) is 2.89. The van der Waals surface area contributed by atoms with Crippen LogP contribution in [0.5, 0.6) is 0 Å². The molecule has 0 N–H and O–H groups in total. The van der Waals surface area contributed by atoms with Crippen molar-refractivity contribution in [2.24, 2.45) is 11.8 Å². The highest BCUT2D eigenvalue weighted by atomic mass is 79.9. The van der Waals surface area contributed by atoms with Gasteiger partial charge in [-0.1, -0.05) is 13.8 Å². The highest BCUT2D eigenvalue weighted by Crippen LogP contribution is 2.29. The van der Waals surface area contributed by atoms with E-state index < -0.39 is 0 Å². The standard InChI is InChI=1S/C13H18BrClN2/c1-9-3-4-17(8-10(9)2)13-11(6-15)5-12(14)7-16-13/h5,7,9-10H,3-4,6,8H2,1-2H3. The van der Waals surface area contributed by atoms with Crippen LogP contribution in [0.4, 0.5) is 5.82 Å². The normalized spacial score (nSPS) is 25.1. The maximum atomic E-state index is 6.00. The Morgan fingerprint density at radius 1 is 1.47 bits per heavy atom. The SMILES string of the molecule is CC1CCN(c2ncc(Br)cc2CCl)CC1C. The van der Waals surface area contributed by atoms with Crippen LogP contribution >= 0.6 is 27.5 Å². The van der Waals surface area contributed by atoms with E-state index in [1.807, 2.05) is 6.20 Å². The summed E-state index contributed by atoms with van der Waals surface area (Å²) >= 11 is 9.44. The second-order valence-corrected chi connectivity index (χ2v) is 6.14. The number of hydrogen-bond acceptors (Lipinski definition) is 2. The minimum atomic E-state index is 0.516. The van der Waals surface area contributed by atoms with Crippen LogP contribution < -0.4 is 4.90 Å². The quantitative estimate of drug-likeness (QED) is 0.765. The molecule has 1 aliphatic heterocycles. The predicted octanol–water partition coefficient (Wildman–Crippen LogP) is 4.07.